The molecule has 0 aromatic carbocycles. The molecule has 0 aliphatic carbocycles. The minimum Gasteiger partial charge on any atom is -0.481 e. The lowest BCUT2D eigenvalue weighted by Gasteiger charge is -2.24. The Labute approximate surface area is 94.5 Å². The highest BCUT2D eigenvalue weighted by Gasteiger charge is 2.19. The summed E-state index contributed by atoms with van der Waals surface area (Å²) in [6.45, 7) is 3.94. The minimum absolute atomic E-state index is 0.0615. The molecule has 0 spiro atoms. The fraction of sp³-hybridized carbons (Fsp3) is 0.636. The van der Waals surface area contributed by atoms with Crippen LogP contribution in [0.1, 0.15) is 30.1 Å². The Hall–Kier alpha value is -1.36. The molecule has 0 amide bonds. The molecule has 1 fully saturated rings. The van der Waals surface area contributed by atoms with Gasteiger partial charge in [-0.15, -0.1) is 0 Å². The van der Waals surface area contributed by atoms with E-state index in [9.17, 15) is 4.79 Å². The second-order valence-corrected chi connectivity index (χ2v) is 4.27. The number of aliphatic carboxylic acids is 1. The number of nitrogens with one attached hydrogen (secondary N) is 1. The van der Waals surface area contributed by atoms with Gasteiger partial charge in [0.1, 0.15) is 0 Å². The maximum atomic E-state index is 10.7. The number of carboxylic acids is 1. The highest BCUT2D eigenvalue weighted by Crippen LogP contribution is 2.19. The zero-order valence-corrected chi connectivity index (χ0v) is 9.44. The van der Waals surface area contributed by atoms with E-state index in [4.69, 9.17) is 5.11 Å². The van der Waals surface area contributed by atoms with E-state index in [0.717, 1.165) is 37.2 Å². The number of carbonyl (C=O) groups is 1. The SMILES string of the molecule is Cc1c(CC(=O)O)cnn1C1CCCNC1. The van der Waals surface area contributed by atoms with Crippen molar-refractivity contribution in [3.8, 4) is 0 Å². The summed E-state index contributed by atoms with van der Waals surface area (Å²) in [5, 5.41) is 16.4. The predicted molar refractivity (Wildman–Crippen MR) is 59.4 cm³/mol. The van der Waals surface area contributed by atoms with Gasteiger partial charge in [0, 0.05) is 17.8 Å². The van der Waals surface area contributed by atoms with Crippen LogP contribution in [-0.2, 0) is 11.2 Å². The first kappa shape index (κ1) is 11.1. The Kier molecular flexibility index (Phi) is 3.24. The van der Waals surface area contributed by atoms with Crippen LogP contribution in [0.3, 0.4) is 0 Å². The molecule has 1 saturated heterocycles. The van der Waals surface area contributed by atoms with Gasteiger partial charge in [-0.25, -0.2) is 0 Å². The van der Waals surface area contributed by atoms with Crippen molar-refractivity contribution in [2.24, 2.45) is 0 Å². The quantitative estimate of drug-likeness (QED) is 0.793. The third-order valence-electron chi connectivity index (χ3n) is 3.10. The average Bonchev–Trinajstić information content (AvgIpc) is 2.61. The van der Waals surface area contributed by atoms with E-state index >= 15 is 0 Å². The molecule has 0 bridgehead atoms. The second kappa shape index (κ2) is 4.65. The lowest BCUT2D eigenvalue weighted by molar-refractivity contribution is -0.136. The smallest absolute Gasteiger partial charge is 0.307 e. The lowest BCUT2D eigenvalue weighted by atomic mass is 10.1. The fourth-order valence-corrected chi connectivity index (χ4v) is 2.21. The van der Waals surface area contributed by atoms with Crippen LogP contribution in [0.25, 0.3) is 0 Å². The lowest BCUT2D eigenvalue weighted by Crippen LogP contribution is -2.32. The van der Waals surface area contributed by atoms with Crippen LogP contribution < -0.4 is 5.32 Å². The summed E-state index contributed by atoms with van der Waals surface area (Å²) in [6.07, 6.45) is 4.00. The first-order valence-corrected chi connectivity index (χ1v) is 5.64. The molecule has 1 unspecified atom stereocenters. The molecule has 0 radical (unpaired) electrons. The highest BCUT2D eigenvalue weighted by atomic mass is 16.4. The summed E-state index contributed by atoms with van der Waals surface area (Å²) in [4.78, 5) is 10.7. The number of piperidine rings is 1. The van der Waals surface area contributed by atoms with Crippen LogP contribution in [0.5, 0.6) is 0 Å². The normalized spacial score (nSPS) is 20.9. The van der Waals surface area contributed by atoms with Crippen molar-refractivity contribution in [2.75, 3.05) is 13.1 Å². The number of nitrogens with zero attached hydrogens (tertiary/aromatic N) is 2. The largest absolute Gasteiger partial charge is 0.481 e. The van der Waals surface area contributed by atoms with Gasteiger partial charge < -0.3 is 10.4 Å². The maximum absolute atomic E-state index is 10.7. The first-order chi connectivity index (χ1) is 7.68. The van der Waals surface area contributed by atoms with Gasteiger partial charge in [0.15, 0.2) is 0 Å². The van der Waals surface area contributed by atoms with E-state index in [1.807, 2.05) is 11.6 Å². The van der Waals surface area contributed by atoms with Crippen molar-refractivity contribution in [1.82, 2.24) is 15.1 Å². The van der Waals surface area contributed by atoms with Gasteiger partial charge in [-0.2, -0.15) is 5.10 Å². The Balaban J connectivity index is 2.15. The molecule has 1 aromatic rings. The molecule has 2 rings (SSSR count). The van der Waals surface area contributed by atoms with Gasteiger partial charge in [-0.3, -0.25) is 9.48 Å². The van der Waals surface area contributed by atoms with Crippen molar-refractivity contribution in [3.05, 3.63) is 17.5 Å². The molecule has 5 heteroatoms. The summed E-state index contributed by atoms with van der Waals surface area (Å²) in [7, 11) is 0. The number of hydrogen-bond donors (Lipinski definition) is 2. The summed E-state index contributed by atoms with van der Waals surface area (Å²) in [6, 6.07) is 0.372. The molecular formula is C11H17N3O2. The van der Waals surface area contributed by atoms with Gasteiger partial charge in [-0.05, 0) is 26.3 Å². The molecule has 2 N–H and O–H groups in total. The standard InChI is InChI=1S/C11H17N3O2/c1-8-9(5-11(15)16)6-13-14(8)10-3-2-4-12-7-10/h6,10,12H,2-5,7H2,1H3,(H,15,16). The molecular weight excluding hydrogens is 206 g/mol. The van der Waals surface area contributed by atoms with Crippen molar-refractivity contribution >= 4 is 5.97 Å². The van der Waals surface area contributed by atoms with E-state index in [-0.39, 0.29) is 6.42 Å². The summed E-state index contributed by atoms with van der Waals surface area (Å²) >= 11 is 0. The van der Waals surface area contributed by atoms with Crippen molar-refractivity contribution in [2.45, 2.75) is 32.2 Å². The summed E-state index contributed by atoms with van der Waals surface area (Å²) in [5.74, 6) is -0.801. The van der Waals surface area contributed by atoms with Crippen molar-refractivity contribution in [1.29, 1.82) is 0 Å². The van der Waals surface area contributed by atoms with Crippen molar-refractivity contribution in [3.63, 3.8) is 0 Å². The molecule has 0 saturated carbocycles. The zero-order valence-electron chi connectivity index (χ0n) is 9.44. The fourth-order valence-electron chi connectivity index (χ4n) is 2.21. The Bertz CT molecular complexity index is 381. The van der Waals surface area contributed by atoms with Crippen LogP contribution >= 0.6 is 0 Å². The predicted octanol–water partition coefficient (Wildman–Crippen LogP) is 0.743. The highest BCUT2D eigenvalue weighted by molar-refractivity contribution is 5.70. The van der Waals surface area contributed by atoms with E-state index in [0.29, 0.717) is 6.04 Å². The van der Waals surface area contributed by atoms with Gasteiger partial charge in [0.2, 0.25) is 0 Å². The van der Waals surface area contributed by atoms with Gasteiger partial charge >= 0.3 is 5.97 Å². The topological polar surface area (TPSA) is 67.1 Å². The van der Waals surface area contributed by atoms with Crippen molar-refractivity contribution < 1.29 is 9.90 Å². The van der Waals surface area contributed by atoms with Gasteiger partial charge in [0.05, 0.1) is 18.7 Å². The number of rotatable bonds is 3. The Morgan fingerprint density at radius 1 is 1.75 bits per heavy atom. The third-order valence-corrected chi connectivity index (χ3v) is 3.10. The van der Waals surface area contributed by atoms with E-state index in [2.05, 4.69) is 10.4 Å². The number of aromatic nitrogens is 2. The number of hydrogen-bond acceptors (Lipinski definition) is 3. The van der Waals surface area contributed by atoms with Crippen LogP contribution in [0, 0.1) is 6.92 Å². The Morgan fingerprint density at radius 2 is 2.56 bits per heavy atom. The van der Waals surface area contributed by atoms with E-state index in [1.165, 1.54) is 0 Å². The second-order valence-electron chi connectivity index (χ2n) is 4.27. The average molecular weight is 223 g/mol. The van der Waals surface area contributed by atoms with Crippen LogP contribution in [0.15, 0.2) is 6.20 Å². The molecule has 88 valence electrons. The maximum Gasteiger partial charge on any atom is 0.307 e. The van der Waals surface area contributed by atoms with Gasteiger partial charge in [0.25, 0.3) is 0 Å². The van der Waals surface area contributed by atoms with Crippen LogP contribution in [-0.4, -0.2) is 33.9 Å². The summed E-state index contributed by atoms with van der Waals surface area (Å²) in [5.41, 5.74) is 1.80. The first-order valence-electron chi connectivity index (χ1n) is 5.64. The molecule has 1 aliphatic rings. The molecule has 16 heavy (non-hydrogen) atoms. The van der Waals surface area contributed by atoms with Gasteiger partial charge in [-0.1, -0.05) is 0 Å². The zero-order chi connectivity index (χ0) is 11.5. The third kappa shape index (κ3) is 2.24. The molecule has 5 nitrogen and oxygen atoms in total. The molecule has 2 heterocycles. The van der Waals surface area contributed by atoms with E-state index in [1.54, 1.807) is 6.20 Å². The molecule has 1 aliphatic heterocycles. The molecule has 1 atom stereocenters. The van der Waals surface area contributed by atoms with E-state index < -0.39 is 5.97 Å². The van der Waals surface area contributed by atoms with Crippen LogP contribution in [0.2, 0.25) is 0 Å². The molecule has 1 aromatic heterocycles. The monoisotopic (exact) mass is 223 g/mol. The summed E-state index contributed by atoms with van der Waals surface area (Å²) < 4.78 is 1.96. The van der Waals surface area contributed by atoms with Crippen LogP contribution in [0.4, 0.5) is 0 Å². The number of carboxylic acid groups (broad SMARTS) is 1. The minimum atomic E-state index is -0.801. The Morgan fingerprint density at radius 3 is 3.19 bits per heavy atom.